The molecule has 2 spiro atoms. The van der Waals surface area contributed by atoms with Crippen molar-refractivity contribution in [2.75, 3.05) is 20.1 Å². The van der Waals surface area contributed by atoms with Gasteiger partial charge in [0.1, 0.15) is 11.7 Å². The lowest BCUT2D eigenvalue weighted by Crippen LogP contribution is -2.74. The van der Waals surface area contributed by atoms with E-state index in [1.165, 1.54) is 24.0 Å². The molecule has 1 aromatic heterocycles. The molecule has 2 aromatic rings. The van der Waals surface area contributed by atoms with Gasteiger partial charge in [-0.05, 0) is 67.5 Å². The van der Waals surface area contributed by atoms with Gasteiger partial charge in [0.2, 0.25) is 5.91 Å². The van der Waals surface area contributed by atoms with Crippen LogP contribution in [-0.4, -0.2) is 75.8 Å². The van der Waals surface area contributed by atoms with Crippen molar-refractivity contribution >= 4 is 5.91 Å². The van der Waals surface area contributed by atoms with Gasteiger partial charge in [-0.2, -0.15) is 0 Å². The van der Waals surface area contributed by atoms with Crippen molar-refractivity contribution in [3.8, 4) is 11.5 Å². The van der Waals surface area contributed by atoms with Crippen LogP contribution in [0.25, 0.3) is 0 Å². The number of hydrogen-bond acceptors (Lipinski definition) is 6. The van der Waals surface area contributed by atoms with Crippen LogP contribution in [0.2, 0.25) is 0 Å². The molecule has 182 valence electrons. The maximum Gasteiger partial charge on any atom is 0.227 e. The SMILES string of the molecule is CN(C(=O)Cc1ccncc1)[C@H]1CC2O[C@@]23[C@H]2Cc4ccc(O)c5c4[C@@]3(CCN2CC2CC2)[C@H]1O5. The number of piperidine rings is 1. The summed E-state index contributed by atoms with van der Waals surface area (Å²) in [6.07, 6.45) is 9.08. The highest BCUT2D eigenvalue weighted by Crippen LogP contribution is 2.73. The molecule has 3 aliphatic heterocycles. The molecular weight excluding hydrogens is 442 g/mol. The van der Waals surface area contributed by atoms with E-state index in [1.807, 2.05) is 24.1 Å². The zero-order valence-electron chi connectivity index (χ0n) is 20.0. The number of likely N-dealkylation sites (N-methyl/N-ethyl adjacent to an activating group) is 1. The van der Waals surface area contributed by atoms with Gasteiger partial charge in [0.25, 0.3) is 0 Å². The Hall–Kier alpha value is -2.64. The number of ether oxygens (including phenoxy) is 2. The highest BCUT2D eigenvalue weighted by Gasteiger charge is 2.84. The molecule has 7 nitrogen and oxygen atoms in total. The molecule has 4 heterocycles. The zero-order valence-corrected chi connectivity index (χ0v) is 20.0. The van der Waals surface area contributed by atoms with Crippen LogP contribution in [0, 0.1) is 5.92 Å². The number of hydrogen-bond donors (Lipinski definition) is 1. The summed E-state index contributed by atoms with van der Waals surface area (Å²) in [5.74, 6) is 1.76. The van der Waals surface area contributed by atoms with Gasteiger partial charge in [0.05, 0.1) is 24.0 Å². The van der Waals surface area contributed by atoms with Gasteiger partial charge in [-0.25, -0.2) is 0 Å². The lowest BCUT2D eigenvalue weighted by Gasteiger charge is -2.58. The summed E-state index contributed by atoms with van der Waals surface area (Å²) in [5, 5.41) is 10.8. The standard InChI is InChI=1S/C28H31N3O4/c1-30(23(33)12-16-6-9-29-10-7-16)19-14-22-28(35-22)21-13-18-4-5-20(32)25-24(18)27(28,26(19)34-25)8-11-31(21)15-17-2-3-17/h4-7,9-10,17,19,21-22,26,32H,2-3,8,11-15H2,1H3/t19-,21+,22?,26-,27-,28-/m0/s1. The molecule has 7 heteroatoms. The van der Waals surface area contributed by atoms with E-state index < -0.39 is 0 Å². The van der Waals surface area contributed by atoms with Crippen LogP contribution in [0.15, 0.2) is 36.7 Å². The fourth-order valence-electron chi connectivity index (χ4n) is 8.23. The van der Waals surface area contributed by atoms with Crippen LogP contribution in [0.5, 0.6) is 11.5 Å². The molecule has 35 heavy (non-hydrogen) atoms. The Bertz CT molecular complexity index is 1230. The Kier molecular flexibility index (Phi) is 3.97. The van der Waals surface area contributed by atoms with Crippen LogP contribution in [0.4, 0.5) is 0 Å². The number of likely N-dealkylation sites (tertiary alicyclic amines) is 1. The first-order valence-corrected chi connectivity index (χ1v) is 13.1. The van der Waals surface area contributed by atoms with Gasteiger partial charge in [-0.15, -0.1) is 0 Å². The second-order valence-electron chi connectivity index (χ2n) is 11.6. The van der Waals surface area contributed by atoms with Crippen molar-refractivity contribution in [1.29, 1.82) is 0 Å². The number of amides is 1. The van der Waals surface area contributed by atoms with Gasteiger partial charge in [0, 0.05) is 44.0 Å². The number of phenols is 1. The Morgan fingerprint density at radius 3 is 2.89 bits per heavy atom. The van der Waals surface area contributed by atoms with Crippen LogP contribution in [0.1, 0.15) is 42.4 Å². The molecule has 4 fully saturated rings. The van der Waals surface area contributed by atoms with E-state index in [0.717, 1.165) is 43.8 Å². The molecule has 2 saturated carbocycles. The molecule has 3 aliphatic carbocycles. The Morgan fingerprint density at radius 1 is 1.26 bits per heavy atom. The fourth-order valence-corrected chi connectivity index (χ4v) is 8.23. The lowest BCUT2D eigenvalue weighted by atomic mass is 9.50. The minimum absolute atomic E-state index is 0.0771. The second kappa shape index (κ2) is 6.77. The first kappa shape index (κ1) is 20.5. The summed E-state index contributed by atoms with van der Waals surface area (Å²) in [4.78, 5) is 22.1. The smallest absolute Gasteiger partial charge is 0.227 e. The van der Waals surface area contributed by atoms with Gasteiger partial charge in [0.15, 0.2) is 11.5 Å². The maximum atomic E-state index is 13.4. The molecule has 8 rings (SSSR count). The van der Waals surface area contributed by atoms with E-state index in [1.54, 1.807) is 18.5 Å². The normalized spacial score (nSPS) is 37.7. The summed E-state index contributed by atoms with van der Waals surface area (Å²) in [6, 6.07) is 7.93. The van der Waals surface area contributed by atoms with Crippen molar-refractivity contribution in [3.05, 3.63) is 53.3 Å². The minimum Gasteiger partial charge on any atom is -0.504 e. The highest BCUT2D eigenvalue weighted by molar-refractivity contribution is 5.79. The number of carbonyl (C=O) groups excluding carboxylic acids is 1. The van der Waals surface area contributed by atoms with Gasteiger partial charge in [-0.1, -0.05) is 6.07 Å². The molecule has 6 atom stereocenters. The number of aromatic hydroxyl groups is 1. The van der Waals surface area contributed by atoms with Crippen LogP contribution in [-0.2, 0) is 27.8 Å². The summed E-state index contributed by atoms with van der Waals surface area (Å²) in [5.41, 5.74) is 2.86. The molecule has 1 N–H and O–H groups in total. The summed E-state index contributed by atoms with van der Waals surface area (Å²) in [7, 11) is 1.91. The van der Waals surface area contributed by atoms with Gasteiger partial charge >= 0.3 is 0 Å². The maximum absolute atomic E-state index is 13.4. The van der Waals surface area contributed by atoms with E-state index in [2.05, 4.69) is 16.0 Å². The van der Waals surface area contributed by atoms with Crippen molar-refractivity contribution < 1.29 is 19.4 Å². The van der Waals surface area contributed by atoms with E-state index in [-0.39, 0.29) is 40.9 Å². The quantitative estimate of drug-likeness (QED) is 0.673. The zero-order chi connectivity index (χ0) is 23.5. The molecule has 2 saturated heterocycles. The molecule has 1 amide bonds. The second-order valence-corrected chi connectivity index (χ2v) is 11.6. The first-order valence-electron chi connectivity index (χ1n) is 13.1. The number of carbonyl (C=O) groups is 1. The van der Waals surface area contributed by atoms with Crippen molar-refractivity contribution in [2.45, 2.75) is 73.8 Å². The highest BCUT2D eigenvalue weighted by atomic mass is 16.6. The third-order valence-electron chi connectivity index (χ3n) is 9.99. The number of aromatic nitrogens is 1. The fraction of sp³-hybridized carbons (Fsp3) is 0.571. The third kappa shape index (κ3) is 2.53. The van der Waals surface area contributed by atoms with Crippen molar-refractivity contribution in [2.24, 2.45) is 5.92 Å². The predicted octanol–water partition coefficient (Wildman–Crippen LogP) is 2.44. The van der Waals surface area contributed by atoms with E-state index in [0.29, 0.717) is 18.2 Å². The van der Waals surface area contributed by atoms with E-state index in [4.69, 9.17) is 9.47 Å². The lowest BCUT2D eigenvalue weighted by molar-refractivity contribution is -0.137. The molecule has 1 aromatic carbocycles. The number of nitrogens with zero attached hydrogens (tertiary/aromatic N) is 3. The van der Waals surface area contributed by atoms with Crippen molar-refractivity contribution in [3.63, 3.8) is 0 Å². The topological polar surface area (TPSA) is 78.4 Å². The van der Waals surface area contributed by atoms with E-state index in [9.17, 15) is 9.90 Å². The number of pyridine rings is 1. The van der Waals surface area contributed by atoms with Crippen LogP contribution >= 0.6 is 0 Å². The van der Waals surface area contributed by atoms with Crippen LogP contribution in [0.3, 0.4) is 0 Å². The Labute approximate surface area is 205 Å². The monoisotopic (exact) mass is 473 g/mol. The average Bonchev–Trinajstić information content (AvgIpc) is 3.77. The number of epoxide rings is 1. The number of rotatable bonds is 5. The molecule has 6 aliphatic rings. The Balaban J connectivity index is 1.20. The molecular formula is C28H31N3O4. The third-order valence-corrected chi connectivity index (χ3v) is 9.99. The molecule has 1 unspecified atom stereocenters. The summed E-state index contributed by atoms with van der Waals surface area (Å²) >= 11 is 0. The first-order chi connectivity index (χ1) is 17.0. The van der Waals surface area contributed by atoms with Gasteiger partial charge in [-0.3, -0.25) is 14.7 Å². The average molecular weight is 474 g/mol. The van der Waals surface area contributed by atoms with Gasteiger partial charge < -0.3 is 19.5 Å². The predicted molar refractivity (Wildman–Crippen MR) is 127 cm³/mol. The van der Waals surface area contributed by atoms with Crippen LogP contribution < -0.4 is 4.74 Å². The summed E-state index contributed by atoms with van der Waals surface area (Å²) < 4.78 is 13.5. The Morgan fingerprint density at radius 2 is 2.09 bits per heavy atom. The molecule has 2 bridgehead atoms. The van der Waals surface area contributed by atoms with Crippen molar-refractivity contribution in [1.82, 2.24) is 14.8 Å². The summed E-state index contributed by atoms with van der Waals surface area (Å²) in [6.45, 7) is 2.19. The largest absolute Gasteiger partial charge is 0.504 e. The van der Waals surface area contributed by atoms with E-state index >= 15 is 0 Å². The number of phenolic OH excluding ortho intramolecular Hbond substituents is 1. The number of benzene rings is 1. The molecule has 0 radical (unpaired) electrons. The minimum atomic E-state index is -0.307.